The van der Waals surface area contributed by atoms with Crippen molar-refractivity contribution in [1.82, 2.24) is 9.80 Å². The molecule has 0 amide bonds. The van der Waals surface area contributed by atoms with Crippen molar-refractivity contribution in [3.8, 4) is 0 Å². The molecule has 1 aromatic carbocycles. The molecule has 1 N–H and O–H groups in total. The van der Waals surface area contributed by atoms with Crippen LogP contribution in [0.5, 0.6) is 0 Å². The lowest BCUT2D eigenvalue weighted by atomic mass is 9.97. The molecule has 2 fully saturated rings. The third kappa shape index (κ3) is 2.09. The monoisotopic (exact) mass is 272 g/mol. The predicted molar refractivity (Wildman–Crippen MR) is 79.7 cm³/mol. The molecule has 0 radical (unpaired) electrons. The first-order valence-corrected chi connectivity index (χ1v) is 8.07. The topological polar surface area (TPSA) is 26.7 Å². The van der Waals surface area contributed by atoms with Gasteiger partial charge in [0, 0.05) is 31.7 Å². The molecule has 20 heavy (non-hydrogen) atoms. The van der Waals surface area contributed by atoms with Crippen LogP contribution in [-0.4, -0.2) is 53.2 Å². The van der Waals surface area contributed by atoms with Crippen LogP contribution in [0.3, 0.4) is 0 Å². The minimum Gasteiger partial charge on any atom is -0.387 e. The fourth-order valence-corrected chi connectivity index (χ4v) is 4.36. The molecule has 4 rings (SSSR count). The highest BCUT2D eigenvalue weighted by Crippen LogP contribution is 2.35. The second-order valence-corrected chi connectivity index (χ2v) is 6.60. The van der Waals surface area contributed by atoms with E-state index in [1.165, 1.54) is 37.9 Å². The van der Waals surface area contributed by atoms with E-state index in [-0.39, 0.29) is 6.10 Å². The van der Waals surface area contributed by atoms with Gasteiger partial charge in [0.15, 0.2) is 0 Å². The first-order chi connectivity index (χ1) is 9.83. The van der Waals surface area contributed by atoms with E-state index in [4.69, 9.17) is 0 Å². The molecular weight excluding hydrogens is 248 g/mol. The largest absolute Gasteiger partial charge is 0.387 e. The zero-order valence-electron chi connectivity index (χ0n) is 12.0. The van der Waals surface area contributed by atoms with Crippen molar-refractivity contribution in [2.24, 2.45) is 0 Å². The lowest BCUT2D eigenvalue weighted by molar-refractivity contribution is -0.00890. The minimum atomic E-state index is -0.290. The van der Waals surface area contributed by atoms with Gasteiger partial charge in [-0.15, -0.1) is 0 Å². The summed E-state index contributed by atoms with van der Waals surface area (Å²) in [6.07, 6.45) is 4.81. The molecule has 2 heterocycles. The number of fused-ring (bicyclic) bond motifs is 2. The molecule has 3 atom stereocenters. The van der Waals surface area contributed by atoms with Crippen molar-refractivity contribution in [3.63, 3.8) is 0 Å². The van der Waals surface area contributed by atoms with Crippen LogP contribution in [0.25, 0.3) is 0 Å². The number of rotatable bonds is 1. The Morgan fingerprint density at radius 3 is 2.75 bits per heavy atom. The molecule has 0 saturated carbocycles. The molecule has 1 aliphatic carbocycles. The summed E-state index contributed by atoms with van der Waals surface area (Å²) >= 11 is 0. The maximum Gasteiger partial charge on any atom is 0.0951 e. The fraction of sp³-hybridized carbons (Fsp3) is 0.647. The second kappa shape index (κ2) is 5.14. The normalized spacial score (nSPS) is 34.8. The number of benzene rings is 1. The van der Waals surface area contributed by atoms with Gasteiger partial charge < -0.3 is 5.11 Å². The fourth-order valence-electron chi connectivity index (χ4n) is 4.36. The summed E-state index contributed by atoms with van der Waals surface area (Å²) in [7, 11) is 0. The minimum absolute atomic E-state index is 0.290. The number of piperidine rings is 1. The van der Waals surface area contributed by atoms with E-state index in [0.29, 0.717) is 6.04 Å². The first-order valence-electron chi connectivity index (χ1n) is 8.07. The summed E-state index contributed by atoms with van der Waals surface area (Å²) in [6.45, 7) is 4.73. The molecule has 2 saturated heterocycles. The molecule has 3 nitrogen and oxygen atoms in total. The highest BCUT2D eigenvalue weighted by Gasteiger charge is 2.38. The Morgan fingerprint density at radius 2 is 1.85 bits per heavy atom. The molecule has 2 aliphatic heterocycles. The van der Waals surface area contributed by atoms with Crippen molar-refractivity contribution in [2.75, 3.05) is 26.2 Å². The highest BCUT2D eigenvalue weighted by molar-refractivity contribution is 5.36. The Bertz CT molecular complexity index is 490. The Hall–Kier alpha value is -0.900. The van der Waals surface area contributed by atoms with E-state index in [2.05, 4.69) is 28.0 Å². The van der Waals surface area contributed by atoms with Crippen molar-refractivity contribution >= 4 is 0 Å². The molecule has 1 aromatic rings. The summed E-state index contributed by atoms with van der Waals surface area (Å²) in [4.78, 5) is 5.21. The molecule has 0 aromatic heterocycles. The third-order valence-electron chi connectivity index (χ3n) is 5.51. The van der Waals surface area contributed by atoms with Crippen molar-refractivity contribution in [2.45, 2.75) is 43.9 Å². The molecule has 3 heteroatoms. The number of nitrogens with zero attached hydrogens (tertiary/aromatic N) is 2. The number of piperazine rings is 1. The van der Waals surface area contributed by atoms with Crippen molar-refractivity contribution in [1.29, 1.82) is 0 Å². The van der Waals surface area contributed by atoms with Gasteiger partial charge in [0.1, 0.15) is 0 Å². The molecular formula is C17H24N2O. The van der Waals surface area contributed by atoms with Crippen LogP contribution in [0.2, 0.25) is 0 Å². The lowest BCUT2D eigenvalue weighted by Gasteiger charge is -2.46. The van der Waals surface area contributed by atoms with Crippen LogP contribution in [0.1, 0.15) is 36.5 Å². The van der Waals surface area contributed by atoms with Crippen LogP contribution in [0.4, 0.5) is 0 Å². The first kappa shape index (κ1) is 12.8. The second-order valence-electron chi connectivity index (χ2n) is 6.60. The van der Waals surface area contributed by atoms with Crippen LogP contribution in [0.15, 0.2) is 24.3 Å². The summed E-state index contributed by atoms with van der Waals surface area (Å²) < 4.78 is 0. The van der Waals surface area contributed by atoms with Gasteiger partial charge in [-0.3, -0.25) is 9.80 Å². The predicted octanol–water partition coefficient (Wildman–Crippen LogP) is 1.81. The van der Waals surface area contributed by atoms with Gasteiger partial charge in [0.25, 0.3) is 0 Å². The summed E-state index contributed by atoms with van der Waals surface area (Å²) in [5.41, 5.74) is 2.50. The van der Waals surface area contributed by atoms with E-state index in [1.54, 1.807) is 0 Å². The van der Waals surface area contributed by atoms with Gasteiger partial charge in [-0.05, 0) is 36.9 Å². The van der Waals surface area contributed by atoms with Crippen LogP contribution >= 0.6 is 0 Å². The number of hydrogen-bond donors (Lipinski definition) is 1. The van der Waals surface area contributed by atoms with Gasteiger partial charge in [-0.25, -0.2) is 0 Å². The Kier molecular flexibility index (Phi) is 3.29. The summed E-state index contributed by atoms with van der Waals surface area (Å²) in [6, 6.07) is 9.44. The molecule has 108 valence electrons. The Labute approximate surface area is 121 Å². The number of aliphatic hydroxyl groups excluding tert-OH is 1. The van der Waals surface area contributed by atoms with Crippen LogP contribution in [0, 0.1) is 0 Å². The van der Waals surface area contributed by atoms with Gasteiger partial charge >= 0.3 is 0 Å². The van der Waals surface area contributed by atoms with Gasteiger partial charge in [0.05, 0.1) is 6.10 Å². The van der Waals surface area contributed by atoms with Crippen molar-refractivity contribution in [3.05, 3.63) is 35.4 Å². The van der Waals surface area contributed by atoms with Crippen LogP contribution < -0.4 is 0 Å². The quantitative estimate of drug-likeness (QED) is 0.845. The molecule has 3 unspecified atom stereocenters. The van der Waals surface area contributed by atoms with E-state index >= 15 is 0 Å². The van der Waals surface area contributed by atoms with Crippen molar-refractivity contribution < 1.29 is 5.11 Å². The van der Waals surface area contributed by atoms with Crippen LogP contribution in [-0.2, 0) is 6.42 Å². The maximum absolute atomic E-state index is 10.6. The summed E-state index contributed by atoms with van der Waals surface area (Å²) in [5, 5.41) is 10.6. The van der Waals surface area contributed by atoms with Gasteiger partial charge in [0.2, 0.25) is 0 Å². The number of aliphatic hydroxyl groups is 1. The van der Waals surface area contributed by atoms with E-state index in [0.717, 1.165) is 31.1 Å². The van der Waals surface area contributed by atoms with Gasteiger partial charge in [-0.2, -0.15) is 0 Å². The molecule has 0 spiro atoms. The smallest absolute Gasteiger partial charge is 0.0951 e. The Balaban J connectivity index is 1.49. The van der Waals surface area contributed by atoms with E-state index in [9.17, 15) is 5.11 Å². The average molecular weight is 272 g/mol. The van der Waals surface area contributed by atoms with E-state index in [1.807, 2.05) is 6.07 Å². The van der Waals surface area contributed by atoms with E-state index < -0.39 is 0 Å². The third-order valence-corrected chi connectivity index (χ3v) is 5.51. The maximum atomic E-state index is 10.6. The zero-order valence-corrected chi connectivity index (χ0v) is 12.0. The molecule has 3 aliphatic rings. The number of hydrogen-bond acceptors (Lipinski definition) is 3. The van der Waals surface area contributed by atoms with Gasteiger partial charge in [-0.1, -0.05) is 30.7 Å². The summed E-state index contributed by atoms with van der Waals surface area (Å²) in [5.74, 6) is 0. The standard InChI is InChI=1S/C17H24N2O/c20-17-15-7-2-1-5-13(15)11-16(17)19-10-9-18-8-4-3-6-14(18)12-19/h1-2,5,7,14,16-17,20H,3-4,6,8-12H2. The average Bonchev–Trinajstić information content (AvgIpc) is 2.84. The SMILES string of the molecule is OC1c2ccccc2CC1N1CCN2CCCCC2C1. The Morgan fingerprint density at radius 1 is 1.00 bits per heavy atom. The zero-order chi connectivity index (χ0) is 13.5. The highest BCUT2D eigenvalue weighted by atomic mass is 16.3. The lowest BCUT2D eigenvalue weighted by Crippen LogP contribution is -2.57. The molecule has 0 bridgehead atoms.